The van der Waals surface area contributed by atoms with Gasteiger partial charge >= 0.3 is 12.0 Å². The van der Waals surface area contributed by atoms with E-state index in [1.165, 1.54) is 0 Å². The van der Waals surface area contributed by atoms with Crippen LogP contribution in [0.4, 0.5) is 4.79 Å². The van der Waals surface area contributed by atoms with Crippen molar-refractivity contribution in [2.75, 3.05) is 13.2 Å². The summed E-state index contributed by atoms with van der Waals surface area (Å²) >= 11 is 0. The predicted molar refractivity (Wildman–Crippen MR) is 80.1 cm³/mol. The van der Waals surface area contributed by atoms with E-state index in [0.29, 0.717) is 13.0 Å². The number of hydrogen-bond donors (Lipinski definition) is 3. The van der Waals surface area contributed by atoms with Gasteiger partial charge in [0.1, 0.15) is 0 Å². The number of likely N-dealkylation sites (tertiary alicyclic amines) is 1. The van der Waals surface area contributed by atoms with Crippen LogP contribution in [-0.2, 0) is 4.79 Å². The average molecular weight is 300 g/mol. The number of aliphatic hydroxyl groups is 1. The molecular weight excluding hydrogens is 272 g/mol. The lowest BCUT2D eigenvalue weighted by Crippen LogP contribution is -2.51. The van der Waals surface area contributed by atoms with Gasteiger partial charge in [-0.25, -0.2) is 4.79 Å². The zero-order valence-corrected chi connectivity index (χ0v) is 13.3. The van der Waals surface area contributed by atoms with Crippen LogP contribution in [0.5, 0.6) is 0 Å². The number of carboxylic acids is 1. The molecule has 2 amide bonds. The predicted octanol–water partition coefficient (Wildman–Crippen LogP) is 1.82. The molecule has 3 N–H and O–H groups in total. The van der Waals surface area contributed by atoms with Gasteiger partial charge in [-0.2, -0.15) is 0 Å². The van der Waals surface area contributed by atoms with Gasteiger partial charge in [-0.15, -0.1) is 0 Å². The van der Waals surface area contributed by atoms with Gasteiger partial charge in [0.25, 0.3) is 0 Å². The Labute approximate surface area is 126 Å². The number of rotatable bonds is 6. The lowest BCUT2D eigenvalue weighted by Gasteiger charge is -2.33. The summed E-state index contributed by atoms with van der Waals surface area (Å²) in [6.45, 7) is 6.61. The quantitative estimate of drug-likeness (QED) is 0.698. The van der Waals surface area contributed by atoms with Crippen LogP contribution in [0.15, 0.2) is 0 Å². The van der Waals surface area contributed by atoms with Gasteiger partial charge in [-0.05, 0) is 31.1 Å². The second kappa shape index (κ2) is 7.64. The highest BCUT2D eigenvalue weighted by molar-refractivity contribution is 5.76. The van der Waals surface area contributed by atoms with Crippen LogP contribution in [0, 0.1) is 5.41 Å². The van der Waals surface area contributed by atoms with Gasteiger partial charge in [0.05, 0.1) is 6.42 Å². The van der Waals surface area contributed by atoms with Crippen molar-refractivity contribution in [3.05, 3.63) is 0 Å². The highest BCUT2D eigenvalue weighted by atomic mass is 16.4. The van der Waals surface area contributed by atoms with Gasteiger partial charge in [-0.3, -0.25) is 4.79 Å². The van der Waals surface area contributed by atoms with Gasteiger partial charge in [0.2, 0.25) is 0 Å². The van der Waals surface area contributed by atoms with E-state index in [1.54, 1.807) is 4.90 Å². The first-order valence-electron chi connectivity index (χ1n) is 7.65. The van der Waals surface area contributed by atoms with E-state index >= 15 is 0 Å². The summed E-state index contributed by atoms with van der Waals surface area (Å²) in [5.74, 6) is -0.909. The van der Waals surface area contributed by atoms with Crippen molar-refractivity contribution in [2.45, 2.75) is 65.0 Å². The smallest absolute Gasteiger partial charge is 0.317 e. The van der Waals surface area contributed by atoms with Crippen LogP contribution in [0.1, 0.15) is 52.9 Å². The van der Waals surface area contributed by atoms with Gasteiger partial charge < -0.3 is 20.4 Å². The largest absolute Gasteiger partial charge is 0.481 e. The summed E-state index contributed by atoms with van der Waals surface area (Å²) in [6.07, 6.45) is 3.31. The van der Waals surface area contributed by atoms with E-state index < -0.39 is 12.0 Å². The molecule has 0 aliphatic carbocycles. The third kappa shape index (κ3) is 5.53. The summed E-state index contributed by atoms with van der Waals surface area (Å²) in [5.41, 5.74) is -0.311. The van der Waals surface area contributed by atoms with Crippen LogP contribution in [0.3, 0.4) is 0 Å². The number of carbonyl (C=O) groups excluding carboxylic acids is 1. The zero-order valence-electron chi connectivity index (χ0n) is 13.3. The molecule has 1 fully saturated rings. The van der Waals surface area contributed by atoms with E-state index in [-0.39, 0.29) is 30.5 Å². The van der Waals surface area contributed by atoms with Crippen molar-refractivity contribution >= 4 is 12.0 Å². The van der Waals surface area contributed by atoms with Crippen molar-refractivity contribution in [3.8, 4) is 0 Å². The molecule has 0 aromatic heterocycles. The first-order chi connectivity index (χ1) is 9.75. The van der Waals surface area contributed by atoms with Crippen molar-refractivity contribution in [1.29, 1.82) is 0 Å². The Morgan fingerprint density at radius 2 is 2.05 bits per heavy atom. The monoisotopic (exact) mass is 300 g/mol. The van der Waals surface area contributed by atoms with Crippen molar-refractivity contribution < 1.29 is 19.8 Å². The lowest BCUT2D eigenvalue weighted by atomic mass is 9.85. The molecule has 122 valence electrons. The lowest BCUT2D eigenvalue weighted by molar-refractivity contribution is -0.138. The highest BCUT2D eigenvalue weighted by Crippen LogP contribution is 2.25. The van der Waals surface area contributed by atoms with Crippen LogP contribution < -0.4 is 5.32 Å². The van der Waals surface area contributed by atoms with Crippen LogP contribution in [-0.4, -0.2) is 52.3 Å². The van der Waals surface area contributed by atoms with E-state index in [2.05, 4.69) is 5.32 Å². The fraction of sp³-hybridized carbons (Fsp3) is 0.867. The third-order valence-electron chi connectivity index (χ3n) is 4.06. The first kappa shape index (κ1) is 17.8. The minimum Gasteiger partial charge on any atom is -0.481 e. The molecule has 2 atom stereocenters. The molecule has 2 unspecified atom stereocenters. The topological polar surface area (TPSA) is 89.9 Å². The van der Waals surface area contributed by atoms with Crippen LogP contribution >= 0.6 is 0 Å². The van der Waals surface area contributed by atoms with Crippen LogP contribution in [0.2, 0.25) is 0 Å². The summed E-state index contributed by atoms with van der Waals surface area (Å²) in [6, 6.07) is -0.430. The first-order valence-corrected chi connectivity index (χ1v) is 7.65. The number of aliphatic carboxylic acids is 1. The number of hydrogen-bond acceptors (Lipinski definition) is 3. The summed E-state index contributed by atoms with van der Waals surface area (Å²) < 4.78 is 0. The molecule has 1 aliphatic heterocycles. The second-order valence-electron chi connectivity index (χ2n) is 6.82. The van der Waals surface area contributed by atoms with Crippen LogP contribution in [0.25, 0.3) is 0 Å². The van der Waals surface area contributed by atoms with Gasteiger partial charge in [0, 0.05) is 25.2 Å². The average Bonchev–Trinajstić information content (AvgIpc) is 2.82. The van der Waals surface area contributed by atoms with E-state index in [9.17, 15) is 9.59 Å². The maximum Gasteiger partial charge on any atom is 0.317 e. The number of aliphatic hydroxyl groups excluding tert-OH is 1. The molecule has 1 heterocycles. The Morgan fingerprint density at radius 1 is 1.38 bits per heavy atom. The molecule has 21 heavy (non-hydrogen) atoms. The molecule has 0 aromatic rings. The van der Waals surface area contributed by atoms with Crippen molar-refractivity contribution in [3.63, 3.8) is 0 Å². The van der Waals surface area contributed by atoms with Crippen molar-refractivity contribution in [2.24, 2.45) is 5.41 Å². The normalized spacial score (nSPS) is 20.4. The van der Waals surface area contributed by atoms with E-state index in [1.807, 2.05) is 20.8 Å². The second-order valence-corrected chi connectivity index (χ2v) is 6.82. The molecule has 6 heteroatoms. The minimum absolute atomic E-state index is 0.0790. The third-order valence-corrected chi connectivity index (χ3v) is 4.06. The maximum atomic E-state index is 12.4. The maximum absolute atomic E-state index is 12.4. The molecule has 0 aromatic carbocycles. The molecule has 0 bridgehead atoms. The fourth-order valence-electron chi connectivity index (χ4n) is 2.71. The summed E-state index contributed by atoms with van der Waals surface area (Å²) in [4.78, 5) is 25.2. The Balaban J connectivity index is 2.65. The van der Waals surface area contributed by atoms with Crippen molar-refractivity contribution in [1.82, 2.24) is 10.2 Å². The molecule has 1 rings (SSSR count). The number of amides is 2. The molecule has 0 radical (unpaired) electrons. The van der Waals surface area contributed by atoms with Gasteiger partial charge in [-0.1, -0.05) is 20.8 Å². The number of carboxylic acid groups (broad SMARTS) is 1. The summed E-state index contributed by atoms with van der Waals surface area (Å²) in [5, 5.41) is 20.8. The highest BCUT2D eigenvalue weighted by Gasteiger charge is 2.33. The molecule has 6 nitrogen and oxygen atoms in total. The Kier molecular flexibility index (Phi) is 6.45. The number of carbonyl (C=O) groups is 2. The van der Waals surface area contributed by atoms with Gasteiger partial charge in [0.15, 0.2) is 0 Å². The Hall–Kier alpha value is -1.30. The van der Waals surface area contributed by atoms with E-state index in [4.69, 9.17) is 10.2 Å². The minimum atomic E-state index is -0.909. The molecule has 1 aliphatic rings. The SMILES string of the molecule is CC(C)(C)C(CC(=O)O)NC(=O)N1CCCC1CCCO. The fourth-order valence-corrected chi connectivity index (χ4v) is 2.71. The summed E-state index contributed by atoms with van der Waals surface area (Å²) in [7, 11) is 0. The Bertz CT molecular complexity index is 365. The zero-order chi connectivity index (χ0) is 16.0. The number of nitrogens with one attached hydrogen (secondary N) is 1. The van der Waals surface area contributed by atoms with E-state index in [0.717, 1.165) is 19.3 Å². The standard InChI is InChI=1S/C15H28N2O4/c1-15(2,3)12(10-13(19)20)16-14(21)17-8-4-6-11(17)7-5-9-18/h11-12,18H,4-10H2,1-3H3,(H,16,21)(H,19,20). The molecule has 0 spiro atoms. The molecule has 1 saturated heterocycles. The molecule has 0 saturated carbocycles. The number of urea groups is 1. The number of nitrogens with zero attached hydrogens (tertiary/aromatic N) is 1. The molecular formula is C15H28N2O4. The Morgan fingerprint density at radius 3 is 2.57 bits per heavy atom.